The number of carbonyl (C=O) groups excluding carboxylic acids is 3. The zero-order valence-electron chi connectivity index (χ0n) is 27.1. The summed E-state index contributed by atoms with van der Waals surface area (Å²) in [7, 11) is -4.41. The molecule has 0 fully saturated rings. The first-order valence-corrected chi connectivity index (χ1v) is 16.9. The third kappa shape index (κ3) is 10.3. The standard InChI is InChI=1S/C35H32F6N4O5S/c1-3-4-5-10-31(46)45-51(49,50)30-9-7-6-8-28(30)43-32(47)22-11-16-27(42-26-14-12-24(13-15-26)34(36,37)38)29(20-22)44-33(48)23-17-21(2)18-25(19-23)35(39,40)41/h6-9,11-20,42H,3-5,10H2,1-2H3,(H,43,47)(H,44,48)(H,45,46). The Labute approximate surface area is 289 Å². The average molecular weight is 735 g/mol. The minimum atomic E-state index is -4.75. The Morgan fingerprint density at radius 2 is 1.29 bits per heavy atom. The zero-order valence-corrected chi connectivity index (χ0v) is 27.9. The van der Waals surface area contributed by atoms with Gasteiger partial charge in [0.25, 0.3) is 21.8 Å². The van der Waals surface area contributed by atoms with Crippen LogP contribution in [-0.4, -0.2) is 26.1 Å². The number of rotatable bonds is 12. The number of amides is 3. The van der Waals surface area contributed by atoms with Crippen molar-refractivity contribution in [2.75, 3.05) is 16.0 Å². The van der Waals surface area contributed by atoms with Crippen molar-refractivity contribution in [1.82, 2.24) is 4.72 Å². The van der Waals surface area contributed by atoms with Crippen molar-refractivity contribution in [3.05, 3.63) is 113 Å². The van der Waals surface area contributed by atoms with Gasteiger partial charge in [0.1, 0.15) is 4.90 Å². The molecule has 9 nitrogen and oxygen atoms in total. The number of alkyl halides is 6. The number of unbranched alkanes of at least 4 members (excludes halogenated alkanes) is 2. The topological polar surface area (TPSA) is 133 Å². The molecule has 0 spiro atoms. The van der Waals surface area contributed by atoms with Gasteiger partial charge in [-0.05, 0) is 91.7 Å². The Hall–Kier alpha value is -5.38. The van der Waals surface area contributed by atoms with Crippen LogP contribution < -0.4 is 20.7 Å². The lowest BCUT2D eigenvalue weighted by Crippen LogP contribution is -2.31. The molecule has 0 radical (unpaired) electrons. The van der Waals surface area contributed by atoms with E-state index >= 15 is 0 Å². The molecular formula is C35H32F6N4O5S. The fraction of sp³-hybridized carbons (Fsp3) is 0.229. The van der Waals surface area contributed by atoms with Crippen LogP contribution in [0.2, 0.25) is 0 Å². The van der Waals surface area contributed by atoms with Crippen molar-refractivity contribution in [1.29, 1.82) is 0 Å². The van der Waals surface area contributed by atoms with Crippen LogP contribution in [0.25, 0.3) is 0 Å². The summed E-state index contributed by atoms with van der Waals surface area (Å²) < 4.78 is 108. The number of carbonyl (C=O) groups is 3. The quantitative estimate of drug-likeness (QED) is 0.0851. The number of aryl methyl sites for hydroxylation is 1. The molecule has 3 amide bonds. The molecule has 0 saturated carbocycles. The largest absolute Gasteiger partial charge is 0.416 e. The monoisotopic (exact) mass is 734 g/mol. The third-order valence-corrected chi connectivity index (χ3v) is 8.80. The zero-order chi connectivity index (χ0) is 37.6. The highest BCUT2D eigenvalue weighted by molar-refractivity contribution is 7.90. The summed E-state index contributed by atoms with van der Waals surface area (Å²) in [5.74, 6) is -2.60. The maximum atomic E-state index is 13.5. The van der Waals surface area contributed by atoms with Crippen molar-refractivity contribution in [3.8, 4) is 0 Å². The number of para-hydroxylation sites is 1. The molecule has 0 unspecified atom stereocenters. The van der Waals surface area contributed by atoms with E-state index in [2.05, 4.69) is 16.0 Å². The molecule has 4 N–H and O–H groups in total. The second-order valence-electron chi connectivity index (χ2n) is 11.4. The van der Waals surface area contributed by atoms with Crippen LogP contribution >= 0.6 is 0 Å². The molecule has 0 aliphatic rings. The SMILES string of the molecule is CCCCCC(=O)NS(=O)(=O)c1ccccc1NC(=O)c1ccc(Nc2ccc(C(F)(F)F)cc2)c(NC(=O)c2cc(C)cc(C(F)(F)F)c2)c1. The van der Waals surface area contributed by atoms with Gasteiger partial charge in [0.15, 0.2) is 0 Å². The Balaban J connectivity index is 1.67. The Bertz CT molecular complexity index is 2030. The van der Waals surface area contributed by atoms with Crippen LogP contribution in [0.3, 0.4) is 0 Å². The van der Waals surface area contributed by atoms with Gasteiger partial charge in [0, 0.05) is 23.2 Å². The van der Waals surface area contributed by atoms with E-state index in [4.69, 9.17) is 0 Å². The molecular weight excluding hydrogens is 702 g/mol. The highest BCUT2D eigenvalue weighted by atomic mass is 32.2. The van der Waals surface area contributed by atoms with E-state index in [0.717, 1.165) is 49.2 Å². The van der Waals surface area contributed by atoms with Crippen molar-refractivity contribution in [3.63, 3.8) is 0 Å². The molecule has 4 rings (SSSR count). The molecule has 4 aromatic rings. The molecule has 0 aliphatic carbocycles. The van der Waals surface area contributed by atoms with E-state index in [9.17, 15) is 49.1 Å². The first-order chi connectivity index (χ1) is 23.9. The molecule has 0 aliphatic heterocycles. The van der Waals surface area contributed by atoms with E-state index < -0.39 is 56.1 Å². The lowest BCUT2D eigenvalue weighted by atomic mass is 10.0. The summed E-state index contributed by atoms with van der Waals surface area (Å²) in [6.45, 7) is 3.29. The maximum Gasteiger partial charge on any atom is 0.416 e. The minimum absolute atomic E-state index is 0.0248. The predicted molar refractivity (Wildman–Crippen MR) is 179 cm³/mol. The van der Waals surface area contributed by atoms with Crippen molar-refractivity contribution < 1.29 is 49.1 Å². The minimum Gasteiger partial charge on any atom is -0.354 e. The van der Waals surface area contributed by atoms with Crippen LogP contribution in [0.1, 0.15) is 70.0 Å². The maximum absolute atomic E-state index is 13.5. The second kappa shape index (κ2) is 15.7. The second-order valence-corrected chi connectivity index (χ2v) is 13.1. The first kappa shape index (κ1) is 38.4. The van der Waals surface area contributed by atoms with Crippen LogP contribution in [0, 0.1) is 6.92 Å². The number of hydrogen-bond donors (Lipinski definition) is 4. The average Bonchev–Trinajstić information content (AvgIpc) is 3.04. The van der Waals surface area contributed by atoms with Gasteiger partial charge in [-0.2, -0.15) is 26.3 Å². The third-order valence-electron chi connectivity index (χ3n) is 7.37. The summed E-state index contributed by atoms with van der Waals surface area (Å²) in [5.41, 5.74) is -2.53. The summed E-state index contributed by atoms with van der Waals surface area (Å²) in [6, 6.07) is 15.6. The molecule has 51 heavy (non-hydrogen) atoms. The molecule has 0 bridgehead atoms. The van der Waals surface area contributed by atoms with Crippen molar-refractivity contribution in [2.24, 2.45) is 0 Å². The molecule has 0 saturated heterocycles. The highest BCUT2D eigenvalue weighted by Crippen LogP contribution is 2.34. The van der Waals surface area contributed by atoms with E-state index in [1.165, 1.54) is 49.4 Å². The van der Waals surface area contributed by atoms with Gasteiger partial charge < -0.3 is 16.0 Å². The van der Waals surface area contributed by atoms with Crippen LogP contribution in [0.4, 0.5) is 49.1 Å². The van der Waals surface area contributed by atoms with Gasteiger partial charge in [-0.3, -0.25) is 14.4 Å². The molecule has 16 heteroatoms. The number of benzene rings is 4. The van der Waals surface area contributed by atoms with Crippen LogP contribution in [-0.2, 0) is 27.2 Å². The van der Waals surface area contributed by atoms with Crippen LogP contribution in [0.5, 0.6) is 0 Å². The normalized spacial score (nSPS) is 11.8. The fourth-order valence-electron chi connectivity index (χ4n) is 4.86. The molecule has 4 aromatic carbocycles. The number of hydrogen-bond acceptors (Lipinski definition) is 6. The highest BCUT2D eigenvalue weighted by Gasteiger charge is 2.32. The Morgan fingerprint density at radius 1 is 0.667 bits per heavy atom. The van der Waals surface area contributed by atoms with Gasteiger partial charge in [0.2, 0.25) is 5.91 Å². The van der Waals surface area contributed by atoms with Crippen LogP contribution in [0.15, 0.2) is 89.8 Å². The number of nitrogens with one attached hydrogen (secondary N) is 4. The summed E-state index contributed by atoms with van der Waals surface area (Å²) in [5, 5.41) is 7.73. The van der Waals surface area contributed by atoms with E-state index in [1.807, 2.05) is 11.6 Å². The summed E-state index contributed by atoms with van der Waals surface area (Å²) >= 11 is 0. The van der Waals surface area contributed by atoms with Crippen molar-refractivity contribution >= 4 is 50.5 Å². The van der Waals surface area contributed by atoms with Crippen molar-refractivity contribution in [2.45, 2.75) is 56.8 Å². The number of sulfonamides is 1. The van der Waals surface area contributed by atoms with Gasteiger partial charge in [-0.15, -0.1) is 0 Å². The van der Waals surface area contributed by atoms with Gasteiger partial charge in [-0.25, -0.2) is 13.1 Å². The van der Waals surface area contributed by atoms with E-state index in [0.29, 0.717) is 12.5 Å². The predicted octanol–water partition coefficient (Wildman–Crippen LogP) is 8.67. The Morgan fingerprint density at radius 3 is 1.94 bits per heavy atom. The summed E-state index contributed by atoms with van der Waals surface area (Å²) in [6.07, 6.45) is -7.36. The summed E-state index contributed by atoms with van der Waals surface area (Å²) in [4.78, 5) is 38.6. The Kier molecular flexibility index (Phi) is 11.8. The molecule has 0 heterocycles. The van der Waals surface area contributed by atoms with E-state index in [1.54, 1.807) is 0 Å². The molecule has 270 valence electrons. The fourth-order valence-corrected chi connectivity index (χ4v) is 6.04. The van der Waals surface area contributed by atoms with Gasteiger partial charge in [-0.1, -0.05) is 31.9 Å². The molecule has 0 atom stereocenters. The van der Waals surface area contributed by atoms with E-state index in [-0.39, 0.29) is 45.9 Å². The lowest BCUT2D eigenvalue weighted by molar-refractivity contribution is -0.138. The smallest absolute Gasteiger partial charge is 0.354 e. The number of anilines is 4. The lowest BCUT2D eigenvalue weighted by Gasteiger charge is -2.17. The van der Waals surface area contributed by atoms with Gasteiger partial charge >= 0.3 is 12.4 Å². The molecule has 0 aromatic heterocycles. The number of halogens is 6. The van der Waals surface area contributed by atoms with Gasteiger partial charge in [0.05, 0.1) is 28.2 Å². The first-order valence-electron chi connectivity index (χ1n) is 15.4.